The van der Waals surface area contributed by atoms with Crippen molar-refractivity contribution in [1.29, 1.82) is 0 Å². The molecule has 0 radical (unpaired) electrons. The number of carbonyl (C=O) groups is 1. The SMILES string of the molecule is CC[C@@H](NC(=O)[C@H](CC)N(c1ccc(OC)c(Cl)c1)S(C)(=O)=O)c1ccc2c(c1)CCCC2. The number of hydrogen-bond acceptors (Lipinski definition) is 4. The molecule has 1 N–H and O–H groups in total. The number of nitrogens with one attached hydrogen (secondary N) is 1. The highest BCUT2D eigenvalue weighted by Crippen LogP contribution is 2.32. The molecule has 0 unspecified atom stereocenters. The van der Waals surface area contributed by atoms with Crippen LogP contribution in [0.15, 0.2) is 36.4 Å². The normalized spacial score (nSPS) is 15.3. The number of fused-ring (bicyclic) bond motifs is 1. The van der Waals surface area contributed by atoms with Crippen molar-refractivity contribution in [3.05, 3.63) is 58.1 Å². The van der Waals surface area contributed by atoms with E-state index in [9.17, 15) is 13.2 Å². The number of ether oxygens (including phenoxy) is 1. The van der Waals surface area contributed by atoms with Gasteiger partial charge in [0, 0.05) is 0 Å². The van der Waals surface area contributed by atoms with Crippen molar-refractivity contribution in [1.82, 2.24) is 5.32 Å². The van der Waals surface area contributed by atoms with Gasteiger partial charge in [0.1, 0.15) is 11.8 Å². The van der Waals surface area contributed by atoms with Crippen LogP contribution in [-0.4, -0.2) is 33.7 Å². The van der Waals surface area contributed by atoms with E-state index >= 15 is 0 Å². The number of hydrogen-bond donors (Lipinski definition) is 1. The Morgan fingerprint density at radius 2 is 1.79 bits per heavy atom. The van der Waals surface area contributed by atoms with Gasteiger partial charge in [-0.05, 0) is 73.4 Å². The van der Waals surface area contributed by atoms with Crippen molar-refractivity contribution < 1.29 is 17.9 Å². The van der Waals surface area contributed by atoms with Crippen molar-refractivity contribution in [2.24, 2.45) is 0 Å². The number of nitrogens with zero attached hydrogens (tertiary/aromatic N) is 1. The van der Waals surface area contributed by atoms with Crippen LogP contribution in [0, 0.1) is 0 Å². The van der Waals surface area contributed by atoms with Gasteiger partial charge >= 0.3 is 0 Å². The fourth-order valence-electron chi connectivity index (χ4n) is 4.51. The lowest BCUT2D eigenvalue weighted by atomic mass is 9.88. The molecule has 2 aromatic rings. The highest BCUT2D eigenvalue weighted by Gasteiger charge is 2.33. The molecule has 0 spiro atoms. The summed E-state index contributed by atoms with van der Waals surface area (Å²) >= 11 is 6.25. The molecule has 6 nitrogen and oxygen atoms in total. The summed E-state index contributed by atoms with van der Waals surface area (Å²) < 4.78 is 31.8. The predicted octanol–water partition coefficient (Wildman–Crippen LogP) is 5.04. The molecular weight excluding hydrogens is 460 g/mol. The second-order valence-corrected chi connectivity index (χ2v) is 10.8. The molecule has 33 heavy (non-hydrogen) atoms. The molecule has 1 aliphatic carbocycles. The van der Waals surface area contributed by atoms with Crippen LogP contribution in [0.4, 0.5) is 5.69 Å². The van der Waals surface area contributed by atoms with Crippen molar-refractivity contribution >= 4 is 33.2 Å². The van der Waals surface area contributed by atoms with Gasteiger partial charge < -0.3 is 10.1 Å². The van der Waals surface area contributed by atoms with Crippen molar-refractivity contribution in [3.63, 3.8) is 0 Å². The quantitative estimate of drug-likeness (QED) is 0.532. The number of halogens is 1. The molecule has 0 saturated carbocycles. The average Bonchev–Trinajstić information content (AvgIpc) is 2.79. The van der Waals surface area contributed by atoms with Crippen LogP contribution in [0.2, 0.25) is 5.02 Å². The minimum Gasteiger partial charge on any atom is -0.495 e. The third-order valence-electron chi connectivity index (χ3n) is 6.22. The maximum absolute atomic E-state index is 13.4. The Balaban J connectivity index is 1.89. The molecule has 0 aromatic heterocycles. The minimum atomic E-state index is -3.76. The zero-order valence-electron chi connectivity index (χ0n) is 19.7. The van der Waals surface area contributed by atoms with Crippen LogP contribution in [0.25, 0.3) is 0 Å². The summed E-state index contributed by atoms with van der Waals surface area (Å²) in [7, 11) is -2.27. The third kappa shape index (κ3) is 5.82. The largest absolute Gasteiger partial charge is 0.495 e. The first-order valence-corrected chi connectivity index (χ1v) is 13.7. The van der Waals surface area contributed by atoms with Gasteiger partial charge in [-0.25, -0.2) is 8.42 Å². The first-order chi connectivity index (χ1) is 15.7. The van der Waals surface area contributed by atoms with E-state index in [0.29, 0.717) is 24.3 Å². The van der Waals surface area contributed by atoms with Crippen LogP contribution in [-0.2, 0) is 27.7 Å². The predicted molar refractivity (Wildman–Crippen MR) is 134 cm³/mol. The van der Waals surface area contributed by atoms with Crippen LogP contribution in [0.3, 0.4) is 0 Å². The van der Waals surface area contributed by atoms with E-state index in [0.717, 1.165) is 29.0 Å². The lowest BCUT2D eigenvalue weighted by molar-refractivity contribution is -0.123. The van der Waals surface area contributed by atoms with E-state index in [4.69, 9.17) is 16.3 Å². The highest BCUT2D eigenvalue weighted by atomic mass is 35.5. The molecule has 2 aromatic carbocycles. The second-order valence-electron chi connectivity index (χ2n) is 8.51. The summed E-state index contributed by atoms with van der Waals surface area (Å²) in [6.07, 6.45) is 6.68. The molecular formula is C25H33ClN2O4S. The van der Waals surface area contributed by atoms with E-state index in [2.05, 4.69) is 23.5 Å². The van der Waals surface area contributed by atoms with E-state index in [1.165, 1.54) is 37.1 Å². The van der Waals surface area contributed by atoms with E-state index in [1.54, 1.807) is 19.1 Å². The molecule has 3 rings (SSSR count). The first-order valence-electron chi connectivity index (χ1n) is 11.4. The standard InChI is InChI=1S/C25H33ClN2O4S/c1-5-22(19-12-11-17-9-7-8-10-18(17)15-19)27-25(29)23(6-2)28(33(4,30)31)20-13-14-24(32-3)21(26)16-20/h11-16,22-23H,5-10H2,1-4H3,(H,27,29)/t22-,23+/m1/s1. The fraction of sp³-hybridized carbons (Fsp3) is 0.480. The molecule has 180 valence electrons. The minimum absolute atomic E-state index is 0.195. The molecule has 2 atom stereocenters. The lowest BCUT2D eigenvalue weighted by Gasteiger charge is -2.32. The Morgan fingerprint density at radius 3 is 2.36 bits per heavy atom. The first kappa shape index (κ1) is 25.4. The summed E-state index contributed by atoms with van der Waals surface area (Å²) in [4.78, 5) is 13.4. The molecule has 0 fully saturated rings. The number of amides is 1. The Morgan fingerprint density at radius 1 is 1.09 bits per heavy atom. The molecule has 1 amide bonds. The fourth-order valence-corrected chi connectivity index (χ4v) is 5.97. The Bertz CT molecular complexity index is 1100. The van der Waals surface area contributed by atoms with Gasteiger partial charge in [-0.15, -0.1) is 0 Å². The topological polar surface area (TPSA) is 75.7 Å². The molecule has 0 saturated heterocycles. The van der Waals surface area contributed by atoms with E-state index < -0.39 is 16.1 Å². The maximum Gasteiger partial charge on any atom is 0.244 e. The smallest absolute Gasteiger partial charge is 0.244 e. The number of carbonyl (C=O) groups excluding carboxylic acids is 1. The molecule has 0 bridgehead atoms. The number of aryl methyl sites for hydroxylation is 2. The van der Waals surface area contributed by atoms with Crippen LogP contribution in [0.5, 0.6) is 5.75 Å². The zero-order chi connectivity index (χ0) is 24.2. The van der Waals surface area contributed by atoms with Crippen molar-refractivity contribution in [2.75, 3.05) is 17.7 Å². The Hall–Kier alpha value is -2.25. The van der Waals surface area contributed by atoms with Crippen molar-refractivity contribution in [2.45, 2.75) is 64.5 Å². The number of benzene rings is 2. The second kappa shape index (κ2) is 10.8. The van der Waals surface area contributed by atoms with Gasteiger partial charge in [-0.3, -0.25) is 9.10 Å². The van der Waals surface area contributed by atoms with Gasteiger partial charge in [0.25, 0.3) is 0 Å². The average molecular weight is 493 g/mol. The number of methoxy groups -OCH3 is 1. The van der Waals surface area contributed by atoms with Crippen LogP contribution < -0.4 is 14.4 Å². The van der Waals surface area contributed by atoms with E-state index in [-0.39, 0.29) is 17.0 Å². The van der Waals surface area contributed by atoms with Gasteiger partial charge in [-0.2, -0.15) is 0 Å². The summed E-state index contributed by atoms with van der Waals surface area (Å²) in [6, 6.07) is 10.1. The van der Waals surface area contributed by atoms with Gasteiger partial charge in [0.05, 0.1) is 30.1 Å². The maximum atomic E-state index is 13.4. The summed E-state index contributed by atoms with van der Waals surface area (Å²) in [6.45, 7) is 3.82. The number of rotatable bonds is 9. The lowest BCUT2D eigenvalue weighted by Crippen LogP contribution is -2.50. The highest BCUT2D eigenvalue weighted by molar-refractivity contribution is 7.92. The van der Waals surface area contributed by atoms with Crippen LogP contribution >= 0.6 is 11.6 Å². The van der Waals surface area contributed by atoms with Gasteiger partial charge in [-0.1, -0.05) is 43.6 Å². The monoisotopic (exact) mass is 492 g/mol. The summed E-state index contributed by atoms with van der Waals surface area (Å²) in [5, 5.41) is 3.37. The van der Waals surface area contributed by atoms with E-state index in [1.807, 2.05) is 6.92 Å². The Kier molecular flexibility index (Phi) is 8.29. The molecule has 0 heterocycles. The number of sulfonamides is 1. The zero-order valence-corrected chi connectivity index (χ0v) is 21.3. The molecule has 1 aliphatic rings. The molecule has 8 heteroatoms. The van der Waals surface area contributed by atoms with Crippen molar-refractivity contribution in [3.8, 4) is 5.75 Å². The third-order valence-corrected chi connectivity index (χ3v) is 7.69. The van der Waals surface area contributed by atoms with Gasteiger partial charge in [0.2, 0.25) is 15.9 Å². The summed E-state index contributed by atoms with van der Waals surface area (Å²) in [5.74, 6) is 0.101. The molecule has 0 aliphatic heterocycles. The Labute approximate surface area is 202 Å². The van der Waals surface area contributed by atoms with Gasteiger partial charge in [0.15, 0.2) is 0 Å². The number of anilines is 1. The van der Waals surface area contributed by atoms with Crippen LogP contribution in [0.1, 0.15) is 62.3 Å². The summed E-state index contributed by atoms with van der Waals surface area (Å²) in [5.41, 5.74) is 4.12.